The molecule has 0 saturated heterocycles. The highest BCUT2D eigenvalue weighted by atomic mass is 16.7. The molecule has 1 aliphatic rings. The summed E-state index contributed by atoms with van der Waals surface area (Å²) in [5.74, 6) is 1.33. The normalized spacial score (nSPS) is 11.4. The Morgan fingerprint density at radius 3 is 1.69 bits per heavy atom. The lowest BCUT2D eigenvalue weighted by Crippen LogP contribution is -1.93. The fourth-order valence-electron chi connectivity index (χ4n) is 0.973. The Kier molecular flexibility index (Phi) is 3.34. The molecule has 0 spiro atoms. The second-order valence-electron chi connectivity index (χ2n) is 2.33. The topological polar surface area (TPSA) is 134 Å². The number of fused-ring (bicyclic) bond motifs is 1. The van der Waals surface area contributed by atoms with E-state index >= 15 is 0 Å². The zero-order chi connectivity index (χ0) is 7.84. The smallest absolute Gasteiger partial charge is 0.231 e. The monoisotopic (exact) mass is 188 g/mol. The van der Waals surface area contributed by atoms with Crippen molar-refractivity contribution in [2.75, 3.05) is 18.3 Å². The molecule has 0 saturated carbocycles. The van der Waals surface area contributed by atoms with Gasteiger partial charge in [-0.3, -0.25) is 0 Å². The van der Waals surface area contributed by atoms with Crippen LogP contribution in [-0.4, -0.2) is 17.7 Å². The minimum Gasteiger partial charge on any atom is -0.454 e. The summed E-state index contributed by atoms with van der Waals surface area (Å²) in [4.78, 5) is 0. The van der Waals surface area contributed by atoms with Gasteiger partial charge in [0.05, 0.1) is 11.4 Å². The fourth-order valence-corrected chi connectivity index (χ4v) is 0.973. The molecule has 0 bridgehead atoms. The Hall–Kier alpha value is -1.66. The van der Waals surface area contributed by atoms with Crippen LogP contribution in [0.1, 0.15) is 0 Å². The highest BCUT2D eigenvalue weighted by molar-refractivity contribution is 5.69. The van der Waals surface area contributed by atoms with Crippen molar-refractivity contribution in [1.82, 2.24) is 0 Å². The van der Waals surface area contributed by atoms with Crippen LogP contribution < -0.4 is 20.9 Å². The number of nitrogen functional groups attached to an aromatic ring is 2. The summed E-state index contributed by atoms with van der Waals surface area (Å²) < 4.78 is 10.2. The second kappa shape index (κ2) is 3.83. The zero-order valence-corrected chi connectivity index (χ0v) is 6.83. The number of hydrogen-bond donors (Lipinski definition) is 2. The quantitative estimate of drug-likeness (QED) is 0.501. The lowest BCUT2D eigenvalue weighted by Gasteiger charge is -2.00. The van der Waals surface area contributed by atoms with E-state index in [0.717, 1.165) is 0 Å². The van der Waals surface area contributed by atoms with Gasteiger partial charge in [-0.2, -0.15) is 0 Å². The van der Waals surface area contributed by atoms with Crippen LogP contribution in [0.4, 0.5) is 11.4 Å². The summed E-state index contributed by atoms with van der Waals surface area (Å²) in [6.45, 7) is 0.248. The Morgan fingerprint density at radius 2 is 1.31 bits per heavy atom. The van der Waals surface area contributed by atoms with E-state index in [9.17, 15) is 0 Å². The van der Waals surface area contributed by atoms with Crippen molar-refractivity contribution in [3.8, 4) is 11.5 Å². The average Bonchev–Trinajstić information content (AvgIpc) is 2.36. The van der Waals surface area contributed by atoms with Gasteiger partial charge < -0.3 is 31.9 Å². The van der Waals surface area contributed by atoms with E-state index in [1.54, 1.807) is 12.1 Å². The molecule has 74 valence electrons. The highest BCUT2D eigenvalue weighted by Gasteiger charge is 2.14. The maximum Gasteiger partial charge on any atom is 0.231 e. The standard InChI is InChI=1S/C7H8N2O2.2H2O/c8-4-1-6-7(2-5(4)9)11-3-10-6;;/h1-2H,3,8-9H2;2*1H2. The molecule has 0 aromatic heterocycles. The van der Waals surface area contributed by atoms with E-state index in [4.69, 9.17) is 20.9 Å². The number of anilines is 2. The zero-order valence-electron chi connectivity index (χ0n) is 6.83. The fraction of sp³-hybridized carbons (Fsp3) is 0.143. The number of rotatable bonds is 0. The summed E-state index contributed by atoms with van der Waals surface area (Å²) in [6, 6.07) is 3.33. The van der Waals surface area contributed by atoms with Gasteiger partial charge in [0.15, 0.2) is 11.5 Å². The number of benzene rings is 1. The molecular formula is C7H12N2O4. The summed E-state index contributed by atoms with van der Waals surface area (Å²) in [6.07, 6.45) is 0. The van der Waals surface area contributed by atoms with Gasteiger partial charge in [-0.05, 0) is 0 Å². The van der Waals surface area contributed by atoms with Gasteiger partial charge in [0, 0.05) is 12.1 Å². The minimum absolute atomic E-state index is 0. The van der Waals surface area contributed by atoms with Crippen LogP contribution in [0.3, 0.4) is 0 Å². The summed E-state index contributed by atoms with van der Waals surface area (Å²) in [5, 5.41) is 0. The molecule has 13 heavy (non-hydrogen) atoms. The second-order valence-corrected chi connectivity index (χ2v) is 2.33. The molecule has 0 fully saturated rings. The molecule has 2 rings (SSSR count). The lowest BCUT2D eigenvalue weighted by atomic mass is 10.2. The Balaban J connectivity index is 0.000000720. The molecule has 1 heterocycles. The largest absolute Gasteiger partial charge is 0.454 e. The summed E-state index contributed by atoms with van der Waals surface area (Å²) in [7, 11) is 0. The van der Waals surface area contributed by atoms with E-state index in [0.29, 0.717) is 22.9 Å². The van der Waals surface area contributed by atoms with Gasteiger partial charge in [-0.15, -0.1) is 0 Å². The third-order valence-corrected chi connectivity index (χ3v) is 1.58. The molecule has 6 heteroatoms. The van der Waals surface area contributed by atoms with Crippen LogP contribution in [-0.2, 0) is 0 Å². The Labute approximate surface area is 74.7 Å². The van der Waals surface area contributed by atoms with Crippen LogP contribution >= 0.6 is 0 Å². The Morgan fingerprint density at radius 1 is 0.923 bits per heavy atom. The van der Waals surface area contributed by atoms with Crippen LogP contribution in [0.15, 0.2) is 12.1 Å². The van der Waals surface area contributed by atoms with Crippen LogP contribution in [0, 0.1) is 0 Å². The third kappa shape index (κ3) is 1.74. The Bertz CT molecular complexity index is 274. The van der Waals surface area contributed by atoms with Crippen LogP contribution in [0.25, 0.3) is 0 Å². The minimum atomic E-state index is 0. The highest BCUT2D eigenvalue weighted by Crippen LogP contribution is 2.36. The first-order valence-electron chi connectivity index (χ1n) is 3.22. The first kappa shape index (κ1) is 11.3. The average molecular weight is 188 g/mol. The lowest BCUT2D eigenvalue weighted by molar-refractivity contribution is 0.174. The molecule has 0 radical (unpaired) electrons. The van der Waals surface area contributed by atoms with Gasteiger partial charge in [0.25, 0.3) is 0 Å². The first-order chi connectivity index (χ1) is 5.27. The number of ether oxygens (including phenoxy) is 2. The van der Waals surface area contributed by atoms with Crippen molar-refractivity contribution in [2.24, 2.45) is 0 Å². The van der Waals surface area contributed by atoms with Crippen LogP contribution in [0.5, 0.6) is 11.5 Å². The molecule has 8 N–H and O–H groups in total. The predicted molar refractivity (Wildman–Crippen MR) is 48.6 cm³/mol. The molecular weight excluding hydrogens is 176 g/mol. The molecule has 0 unspecified atom stereocenters. The predicted octanol–water partition coefficient (Wildman–Crippen LogP) is -1.07. The van der Waals surface area contributed by atoms with Crippen molar-refractivity contribution in [2.45, 2.75) is 0 Å². The number of hydrogen-bond acceptors (Lipinski definition) is 4. The first-order valence-corrected chi connectivity index (χ1v) is 3.22. The van der Waals surface area contributed by atoms with E-state index in [-0.39, 0.29) is 17.7 Å². The molecule has 1 aromatic rings. The van der Waals surface area contributed by atoms with Crippen molar-refractivity contribution in [3.63, 3.8) is 0 Å². The molecule has 1 aromatic carbocycles. The van der Waals surface area contributed by atoms with Gasteiger partial charge in [-0.25, -0.2) is 0 Å². The maximum absolute atomic E-state index is 5.53. The van der Waals surface area contributed by atoms with Gasteiger partial charge >= 0.3 is 0 Å². The molecule has 0 amide bonds. The molecule has 6 nitrogen and oxygen atoms in total. The van der Waals surface area contributed by atoms with Crippen molar-refractivity contribution >= 4 is 11.4 Å². The van der Waals surface area contributed by atoms with Crippen molar-refractivity contribution in [3.05, 3.63) is 12.1 Å². The van der Waals surface area contributed by atoms with E-state index in [2.05, 4.69) is 0 Å². The van der Waals surface area contributed by atoms with Crippen LogP contribution in [0.2, 0.25) is 0 Å². The van der Waals surface area contributed by atoms with Crippen molar-refractivity contribution < 1.29 is 20.4 Å². The number of nitrogens with two attached hydrogens (primary N) is 2. The maximum atomic E-state index is 5.53. The SMILES string of the molecule is Nc1cc2c(cc1N)OCO2.O.O. The third-order valence-electron chi connectivity index (χ3n) is 1.58. The summed E-state index contributed by atoms with van der Waals surface area (Å²) in [5.41, 5.74) is 12.1. The molecule has 0 aliphatic carbocycles. The van der Waals surface area contributed by atoms with Gasteiger partial charge in [0.1, 0.15) is 0 Å². The van der Waals surface area contributed by atoms with Crippen molar-refractivity contribution in [1.29, 1.82) is 0 Å². The molecule has 0 atom stereocenters. The molecule has 1 aliphatic heterocycles. The van der Waals surface area contributed by atoms with Gasteiger partial charge in [-0.1, -0.05) is 0 Å². The van der Waals surface area contributed by atoms with E-state index in [1.807, 2.05) is 0 Å². The van der Waals surface area contributed by atoms with Gasteiger partial charge in [0.2, 0.25) is 6.79 Å². The van der Waals surface area contributed by atoms with E-state index in [1.165, 1.54) is 0 Å². The summed E-state index contributed by atoms with van der Waals surface area (Å²) >= 11 is 0. The van der Waals surface area contributed by atoms with E-state index < -0.39 is 0 Å².